The molecule has 1 aromatic carbocycles. The lowest BCUT2D eigenvalue weighted by atomic mass is 10.2. The first kappa shape index (κ1) is 18.6. The van der Waals surface area contributed by atoms with Crippen molar-refractivity contribution in [1.29, 1.82) is 0 Å². The summed E-state index contributed by atoms with van der Waals surface area (Å²) in [5, 5.41) is 10.9. The molecule has 9 nitrogen and oxygen atoms in total. The molecule has 2 aromatic rings. The van der Waals surface area contributed by atoms with Gasteiger partial charge in [0.2, 0.25) is 11.1 Å². The van der Waals surface area contributed by atoms with Crippen molar-refractivity contribution < 1.29 is 19.1 Å². The van der Waals surface area contributed by atoms with Gasteiger partial charge in [-0.1, -0.05) is 11.8 Å². The van der Waals surface area contributed by atoms with Crippen molar-refractivity contribution in [3.05, 3.63) is 24.3 Å². The molecular weight excluding hydrogens is 346 g/mol. The highest BCUT2D eigenvalue weighted by Gasteiger charge is 2.14. The van der Waals surface area contributed by atoms with Crippen LogP contribution in [0.15, 0.2) is 29.4 Å². The van der Waals surface area contributed by atoms with Crippen molar-refractivity contribution in [2.24, 2.45) is 0 Å². The minimum atomic E-state index is -0.482. The molecule has 25 heavy (non-hydrogen) atoms. The Labute approximate surface area is 148 Å². The number of hydrogen-bond acceptors (Lipinski definition) is 8. The molecule has 0 unspecified atom stereocenters. The average Bonchev–Trinajstić information content (AvgIpc) is 2.99. The van der Waals surface area contributed by atoms with Gasteiger partial charge in [-0.05, 0) is 31.2 Å². The summed E-state index contributed by atoms with van der Waals surface area (Å²) in [6.07, 6.45) is 0. The predicted molar refractivity (Wildman–Crippen MR) is 92.5 cm³/mol. The summed E-state index contributed by atoms with van der Waals surface area (Å²) in [5.74, 6) is 6.42. The van der Waals surface area contributed by atoms with Crippen molar-refractivity contribution in [3.63, 3.8) is 0 Å². The number of rotatable bonds is 8. The Morgan fingerprint density at radius 1 is 1.28 bits per heavy atom. The van der Waals surface area contributed by atoms with Crippen LogP contribution in [0.3, 0.4) is 0 Å². The number of amides is 1. The third kappa shape index (κ3) is 5.11. The summed E-state index contributed by atoms with van der Waals surface area (Å²) in [7, 11) is 1.59. The maximum Gasteiger partial charge on any atom is 0.325 e. The molecule has 0 saturated heterocycles. The Morgan fingerprint density at radius 3 is 2.64 bits per heavy atom. The number of aromatic nitrogens is 3. The van der Waals surface area contributed by atoms with Gasteiger partial charge in [-0.15, -0.1) is 10.2 Å². The SMILES string of the molecule is CCOC(=O)CNC(=O)CSc1nnc(-c2ccc(OC)cc2)n1N. The van der Waals surface area contributed by atoms with Gasteiger partial charge in [0.15, 0.2) is 5.82 Å². The molecule has 0 radical (unpaired) electrons. The molecule has 0 saturated carbocycles. The Morgan fingerprint density at radius 2 is 2.00 bits per heavy atom. The zero-order valence-corrected chi connectivity index (χ0v) is 14.7. The number of nitrogens with one attached hydrogen (secondary N) is 1. The number of nitrogens with zero attached hydrogens (tertiary/aromatic N) is 3. The van der Waals surface area contributed by atoms with Crippen LogP contribution >= 0.6 is 11.8 Å². The zero-order chi connectivity index (χ0) is 18.2. The van der Waals surface area contributed by atoms with Gasteiger partial charge in [-0.2, -0.15) is 0 Å². The topological polar surface area (TPSA) is 121 Å². The maximum atomic E-state index is 11.7. The number of methoxy groups -OCH3 is 1. The smallest absolute Gasteiger partial charge is 0.325 e. The van der Waals surface area contributed by atoms with E-state index in [1.165, 1.54) is 4.68 Å². The van der Waals surface area contributed by atoms with Gasteiger partial charge < -0.3 is 20.6 Å². The molecule has 0 bridgehead atoms. The number of thioether (sulfide) groups is 1. The molecular formula is C15H19N5O4S. The standard InChI is InChI=1S/C15H19N5O4S/c1-3-24-13(22)8-17-12(21)9-25-15-19-18-14(20(15)16)10-4-6-11(23-2)7-5-10/h4-7H,3,8-9,16H2,1-2H3,(H,17,21). The highest BCUT2D eigenvalue weighted by atomic mass is 32.2. The first-order valence-electron chi connectivity index (χ1n) is 7.45. The Balaban J connectivity index is 1.92. The lowest BCUT2D eigenvalue weighted by Crippen LogP contribution is -2.32. The van der Waals surface area contributed by atoms with E-state index in [0.29, 0.717) is 11.0 Å². The van der Waals surface area contributed by atoms with Crippen LogP contribution in [0.5, 0.6) is 5.75 Å². The zero-order valence-electron chi connectivity index (χ0n) is 13.9. The van der Waals surface area contributed by atoms with Gasteiger partial charge in [0.1, 0.15) is 12.3 Å². The van der Waals surface area contributed by atoms with Crippen LogP contribution in [-0.4, -0.2) is 52.8 Å². The summed E-state index contributed by atoms with van der Waals surface area (Å²) in [5.41, 5.74) is 0.773. The number of hydrogen-bond donors (Lipinski definition) is 2. The van der Waals surface area contributed by atoms with E-state index in [2.05, 4.69) is 15.5 Å². The van der Waals surface area contributed by atoms with Gasteiger partial charge >= 0.3 is 5.97 Å². The van der Waals surface area contributed by atoms with E-state index in [-0.39, 0.29) is 24.8 Å². The minimum absolute atomic E-state index is 0.0529. The summed E-state index contributed by atoms with van der Waals surface area (Å²) in [6.45, 7) is 1.80. The summed E-state index contributed by atoms with van der Waals surface area (Å²) < 4.78 is 11.1. The third-order valence-electron chi connectivity index (χ3n) is 3.08. The Kier molecular flexibility index (Phi) is 6.63. The normalized spacial score (nSPS) is 10.3. The van der Waals surface area contributed by atoms with Crippen LogP contribution in [0, 0.1) is 0 Å². The van der Waals surface area contributed by atoms with Gasteiger partial charge in [0, 0.05) is 5.56 Å². The van der Waals surface area contributed by atoms with Gasteiger partial charge in [0.05, 0.1) is 19.5 Å². The van der Waals surface area contributed by atoms with Crippen molar-refractivity contribution in [3.8, 4) is 17.1 Å². The highest BCUT2D eigenvalue weighted by Crippen LogP contribution is 2.23. The van der Waals surface area contributed by atoms with E-state index < -0.39 is 5.97 Å². The van der Waals surface area contributed by atoms with E-state index in [4.69, 9.17) is 15.3 Å². The molecule has 1 amide bonds. The second kappa shape index (κ2) is 8.92. The maximum absolute atomic E-state index is 11.7. The van der Waals surface area contributed by atoms with Gasteiger partial charge in [0.25, 0.3) is 0 Å². The lowest BCUT2D eigenvalue weighted by Gasteiger charge is -2.06. The quantitative estimate of drug-likeness (QED) is 0.393. The molecule has 0 aliphatic heterocycles. The molecule has 0 fully saturated rings. The minimum Gasteiger partial charge on any atom is -0.497 e. The molecule has 2 rings (SSSR count). The van der Waals surface area contributed by atoms with E-state index >= 15 is 0 Å². The first-order valence-corrected chi connectivity index (χ1v) is 8.43. The van der Waals surface area contributed by atoms with Crippen molar-refractivity contribution in [2.75, 3.05) is 31.9 Å². The predicted octanol–water partition coefficient (Wildman–Crippen LogP) is 0.439. The summed E-state index contributed by atoms with van der Waals surface area (Å²) >= 11 is 1.12. The van der Waals surface area contributed by atoms with Crippen LogP contribution in [-0.2, 0) is 14.3 Å². The third-order valence-corrected chi connectivity index (χ3v) is 4.02. The lowest BCUT2D eigenvalue weighted by molar-refractivity contribution is -0.143. The van der Waals surface area contributed by atoms with Gasteiger partial charge in [-0.3, -0.25) is 9.59 Å². The van der Waals surface area contributed by atoms with E-state index in [1.54, 1.807) is 26.2 Å². The fourth-order valence-electron chi connectivity index (χ4n) is 1.88. The van der Waals surface area contributed by atoms with E-state index in [0.717, 1.165) is 23.1 Å². The molecule has 0 aliphatic rings. The molecule has 3 N–H and O–H groups in total. The second-order valence-electron chi connectivity index (χ2n) is 4.78. The number of nitrogens with two attached hydrogens (primary N) is 1. The van der Waals surface area contributed by atoms with Crippen LogP contribution < -0.4 is 15.9 Å². The molecule has 1 heterocycles. The number of benzene rings is 1. The number of carbonyl (C=O) groups excluding carboxylic acids is 2. The summed E-state index contributed by atoms with van der Waals surface area (Å²) in [6, 6.07) is 7.21. The number of carbonyl (C=O) groups is 2. The number of nitrogen functional groups attached to an aromatic ring is 1. The van der Waals surface area contributed by atoms with Crippen molar-refractivity contribution in [1.82, 2.24) is 20.2 Å². The largest absolute Gasteiger partial charge is 0.497 e. The number of ether oxygens (including phenoxy) is 2. The van der Waals surface area contributed by atoms with Crippen LogP contribution in [0.25, 0.3) is 11.4 Å². The Hall–Kier alpha value is -2.75. The summed E-state index contributed by atoms with van der Waals surface area (Å²) in [4.78, 5) is 22.9. The average molecular weight is 365 g/mol. The molecule has 0 atom stereocenters. The highest BCUT2D eigenvalue weighted by molar-refractivity contribution is 7.99. The molecule has 134 valence electrons. The van der Waals surface area contributed by atoms with Crippen LogP contribution in [0.2, 0.25) is 0 Å². The van der Waals surface area contributed by atoms with Crippen LogP contribution in [0.4, 0.5) is 0 Å². The Bertz CT molecular complexity index is 732. The molecule has 0 spiro atoms. The van der Waals surface area contributed by atoms with Crippen LogP contribution in [0.1, 0.15) is 6.92 Å². The van der Waals surface area contributed by atoms with Crippen molar-refractivity contribution in [2.45, 2.75) is 12.1 Å². The molecule has 0 aliphatic carbocycles. The van der Waals surface area contributed by atoms with E-state index in [1.807, 2.05) is 12.1 Å². The second-order valence-corrected chi connectivity index (χ2v) is 5.72. The first-order chi connectivity index (χ1) is 12.0. The fourth-order valence-corrected chi connectivity index (χ4v) is 2.56. The monoisotopic (exact) mass is 365 g/mol. The van der Waals surface area contributed by atoms with E-state index in [9.17, 15) is 9.59 Å². The molecule has 1 aromatic heterocycles. The van der Waals surface area contributed by atoms with Crippen molar-refractivity contribution >= 4 is 23.6 Å². The number of esters is 1. The van der Waals surface area contributed by atoms with Gasteiger partial charge in [-0.25, -0.2) is 4.68 Å². The fraction of sp³-hybridized carbons (Fsp3) is 0.333. The molecule has 10 heteroatoms.